The van der Waals surface area contributed by atoms with Gasteiger partial charge in [-0.1, -0.05) is 24.3 Å². The van der Waals surface area contributed by atoms with E-state index in [2.05, 4.69) is 4.98 Å². The number of benzene rings is 1. The maximum atomic E-state index is 13.0. The third-order valence-electron chi connectivity index (χ3n) is 4.95. The zero-order valence-electron chi connectivity index (χ0n) is 13.3. The Morgan fingerprint density at radius 1 is 1.25 bits per heavy atom. The van der Waals surface area contributed by atoms with Crippen molar-refractivity contribution in [2.75, 3.05) is 19.7 Å². The number of aromatic nitrogens is 1. The van der Waals surface area contributed by atoms with Gasteiger partial charge in [-0.2, -0.15) is 4.39 Å². The number of para-hydroxylation sites is 1. The average Bonchev–Trinajstić information content (AvgIpc) is 3.11. The number of rotatable bonds is 2. The van der Waals surface area contributed by atoms with Crippen molar-refractivity contribution in [1.29, 1.82) is 0 Å². The molecule has 1 aromatic carbocycles. The van der Waals surface area contributed by atoms with Crippen molar-refractivity contribution in [3.05, 3.63) is 59.7 Å². The van der Waals surface area contributed by atoms with Crippen LogP contribution in [-0.2, 0) is 11.2 Å². The molecule has 5 heteroatoms. The number of pyridine rings is 1. The minimum Gasteiger partial charge on any atom is -0.492 e. The van der Waals surface area contributed by atoms with E-state index in [0.717, 1.165) is 36.3 Å². The molecule has 2 aliphatic rings. The number of hydrogen-bond acceptors (Lipinski definition) is 3. The van der Waals surface area contributed by atoms with Crippen molar-refractivity contribution < 1.29 is 13.9 Å². The Balaban J connectivity index is 1.42. The molecule has 1 amide bonds. The number of hydrogen-bond donors (Lipinski definition) is 0. The molecule has 0 N–H and O–H groups in total. The van der Waals surface area contributed by atoms with E-state index < -0.39 is 5.95 Å². The summed E-state index contributed by atoms with van der Waals surface area (Å²) in [4.78, 5) is 18.4. The summed E-state index contributed by atoms with van der Waals surface area (Å²) < 4.78 is 18.7. The Morgan fingerprint density at radius 3 is 2.96 bits per heavy atom. The molecule has 4 rings (SSSR count). The van der Waals surface area contributed by atoms with Crippen molar-refractivity contribution in [2.45, 2.75) is 18.8 Å². The predicted octanol–water partition coefficient (Wildman–Crippen LogP) is 2.79. The number of halogens is 1. The monoisotopic (exact) mass is 326 g/mol. The molecule has 3 heterocycles. The van der Waals surface area contributed by atoms with Gasteiger partial charge in [-0.3, -0.25) is 4.79 Å². The zero-order chi connectivity index (χ0) is 16.5. The zero-order valence-corrected chi connectivity index (χ0v) is 13.3. The Morgan fingerprint density at radius 2 is 2.12 bits per heavy atom. The second kappa shape index (κ2) is 6.23. The van der Waals surface area contributed by atoms with Gasteiger partial charge in [0.25, 0.3) is 0 Å². The highest BCUT2D eigenvalue weighted by atomic mass is 19.1. The van der Waals surface area contributed by atoms with Gasteiger partial charge in [-0.05, 0) is 36.1 Å². The molecule has 2 unspecified atom stereocenters. The molecule has 124 valence electrons. The van der Waals surface area contributed by atoms with E-state index in [1.165, 1.54) is 6.07 Å². The maximum Gasteiger partial charge on any atom is 0.229 e. The van der Waals surface area contributed by atoms with E-state index >= 15 is 0 Å². The quantitative estimate of drug-likeness (QED) is 0.797. The van der Waals surface area contributed by atoms with Gasteiger partial charge >= 0.3 is 0 Å². The van der Waals surface area contributed by atoms with E-state index in [1.807, 2.05) is 29.2 Å². The molecular formula is C19H19FN2O2. The first-order valence-corrected chi connectivity index (χ1v) is 8.31. The third-order valence-corrected chi connectivity index (χ3v) is 4.95. The Hall–Kier alpha value is -2.43. The van der Waals surface area contributed by atoms with E-state index in [-0.39, 0.29) is 17.7 Å². The summed E-state index contributed by atoms with van der Waals surface area (Å²) in [5, 5.41) is 0. The summed E-state index contributed by atoms with van der Waals surface area (Å²) in [6.07, 6.45) is 3.20. The summed E-state index contributed by atoms with van der Waals surface area (Å²) in [6, 6.07) is 11.0. The molecule has 1 fully saturated rings. The maximum absolute atomic E-state index is 13.0. The average molecular weight is 326 g/mol. The normalized spacial score (nSPS) is 22.8. The van der Waals surface area contributed by atoms with E-state index in [9.17, 15) is 9.18 Å². The topological polar surface area (TPSA) is 42.4 Å². The van der Waals surface area contributed by atoms with Crippen LogP contribution in [0, 0.1) is 11.9 Å². The van der Waals surface area contributed by atoms with Crippen LogP contribution in [0.1, 0.15) is 23.5 Å². The van der Waals surface area contributed by atoms with Crippen molar-refractivity contribution in [3.63, 3.8) is 0 Å². The molecule has 4 nitrogen and oxygen atoms in total. The number of ether oxygens (including phenoxy) is 1. The molecule has 24 heavy (non-hydrogen) atoms. The first-order chi connectivity index (χ1) is 11.7. The van der Waals surface area contributed by atoms with Crippen LogP contribution in [0.3, 0.4) is 0 Å². The highest BCUT2D eigenvalue weighted by molar-refractivity contribution is 5.80. The smallest absolute Gasteiger partial charge is 0.229 e. The second-order valence-electron chi connectivity index (χ2n) is 6.50. The van der Waals surface area contributed by atoms with Crippen LogP contribution >= 0.6 is 0 Å². The molecule has 1 aromatic heterocycles. The minimum atomic E-state index is -0.470. The number of carbonyl (C=O) groups excluding carboxylic acids is 1. The standard InChI is InChI=1S/C19H19FN2O2/c20-18-6-5-14(10-21-18)15-7-8-22(11-15)19(23)16-9-13-3-1-2-4-17(13)24-12-16/h1-6,10,15-16H,7-9,11-12H2. The molecule has 2 aliphatic heterocycles. The summed E-state index contributed by atoms with van der Waals surface area (Å²) in [5.41, 5.74) is 2.09. The highest BCUT2D eigenvalue weighted by Crippen LogP contribution is 2.31. The summed E-state index contributed by atoms with van der Waals surface area (Å²) in [5.74, 6) is 0.687. The summed E-state index contributed by atoms with van der Waals surface area (Å²) in [7, 11) is 0. The van der Waals surface area contributed by atoms with Gasteiger partial charge in [0.2, 0.25) is 11.9 Å². The SMILES string of the molecule is O=C(C1COc2ccccc2C1)N1CCC(c2ccc(F)nc2)C1. The fourth-order valence-corrected chi connectivity index (χ4v) is 3.61. The minimum absolute atomic E-state index is 0.120. The van der Waals surface area contributed by atoms with Crippen LogP contribution in [0.5, 0.6) is 5.75 Å². The van der Waals surface area contributed by atoms with Crippen LogP contribution in [0.25, 0.3) is 0 Å². The van der Waals surface area contributed by atoms with Gasteiger partial charge in [-0.15, -0.1) is 0 Å². The summed E-state index contributed by atoms with van der Waals surface area (Å²) in [6.45, 7) is 1.85. The lowest BCUT2D eigenvalue weighted by molar-refractivity contribution is -0.135. The Kier molecular flexibility index (Phi) is 3.92. The number of fused-ring (bicyclic) bond motifs is 1. The van der Waals surface area contributed by atoms with Gasteiger partial charge in [0, 0.05) is 25.2 Å². The number of carbonyl (C=O) groups is 1. The van der Waals surface area contributed by atoms with Crippen molar-refractivity contribution >= 4 is 5.91 Å². The van der Waals surface area contributed by atoms with Crippen LogP contribution in [0.2, 0.25) is 0 Å². The lowest BCUT2D eigenvalue weighted by Crippen LogP contribution is -2.39. The van der Waals surface area contributed by atoms with Gasteiger partial charge in [0.15, 0.2) is 0 Å². The molecule has 2 aromatic rings. The Labute approximate surface area is 140 Å². The number of likely N-dealkylation sites (tertiary alicyclic amines) is 1. The molecule has 0 saturated carbocycles. The second-order valence-corrected chi connectivity index (χ2v) is 6.50. The predicted molar refractivity (Wildman–Crippen MR) is 87.3 cm³/mol. The largest absolute Gasteiger partial charge is 0.492 e. The van der Waals surface area contributed by atoms with Gasteiger partial charge in [0.05, 0.1) is 5.92 Å². The third kappa shape index (κ3) is 2.86. The van der Waals surface area contributed by atoms with Crippen molar-refractivity contribution in [1.82, 2.24) is 9.88 Å². The van der Waals surface area contributed by atoms with Gasteiger partial charge in [0.1, 0.15) is 12.4 Å². The van der Waals surface area contributed by atoms with Crippen LogP contribution in [0.15, 0.2) is 42.6 Å². The van der Waals surface area contributed by atoms with E-state index in [1.54, 1.807) is 12.3 Å². The first kappa shape index (κ1) is 15.1. The molecule has 2 atom stereocenters. The lowest BCUT2D eigenvalue weighted by Gasteiger charge is -2.28. The fraction of sp³-hybridized carbons (Fsp3) is 0.368. The van der Waals surface area contributed by atoms with Crippen molar-refractivity contribution in [2.24, 2.45) is 5.92 Å². The molecule has 0 radical (unpaired) electrons. The number of amides is 1. The fourth-order valence-electron chi connectivity index (χ4n) is 3.61. The molecule has 0 aliphatic carbocycles. The van der Waals surface area contributed by atoms with Crippen LogP contribution in [0.4, 0.5) is 4.39 Å². The molecular weight excluding hydrogens is 307 g/mol. The molecule has 0 spiro atoms. The van der Waals surface area contributed by atoms with Gasteiger partial charge in [-0.25, -0.2) is 4.98 Å². The van der Waals surface area contributed by atoms with Gasteiger partial charge < -0.3 is 9.64 Å². The lowest BCUT2D eigenvalue weighted by atomic mass is 9.95. The Bertz CT molecular complexity index is 747. The van der Waals surface area contributed by atoms with Crippen LogP contribution < -0.4 is 4.74 Å². The van der Waals surface area contributed by atoms with Crippen molar-refractivity contribution in [3.8, 4) is 5.75 Å². The highest BCUT2D eigenvalue weighted by Gasteiger charge is 2.34. The molecule has 0 bridgehead atoms. The van der Waals surface area contributed by atoms with E-state index in [0.29, 0.717) is 13.2 Å². The number of nitrogens with zero attached hydrogens (tertiary/aromatic N) is 2. The summed E-state index contributed by atoms with van der Waals surface area (Å²) >= 11 is 0. The first-order valence-electron chi connectivity index (χ1n) is 8.31. The van der Waals surface area contributed by atoms with Crippen LogP contribution in [-0.4, -0.2) is 35.5 Å². The van der Waals surface area contributed by atoms with E-state index in [4.69, 9.17) is 4.74 Å². The molecule has 1 saturated heterocycles.